The van der Waals surface area contributed by atoms with E-state index < -0.39 is 0 Å². The molecule has 112 valence electrons. The number of benzene rings is 1. The standard InChI is InChI=1S/C16H26N2O2/c1-12-7-14(16(20)8-13(12)2)9-17-10-15(19)11-18-5-3-4-6-18/h7-8,15,17,19-20H,3-6,9-11H2,1-2H3. The van der Waals surface area contributed by atoms with Gasteiger partial charge in [0.05, 0.1) is 6.10 Å². The van der Waals surface area contributed by atoms with Crippen LogP contribution in [-0.4, -0.2) is 47.4 Å². The van der Waals surface area contributed by atoms with Crippen LogP contribution in [0, 0.1) is 13.8 Å². The zero-order chi connectivity index (χ0) is 14.5. The number of β-amino-alcohol motifs (C(OH)–C–C–N with tert-alkyl or cyclic N) is 1. The molecule has 0 spiro atoms. The molecule has 1 aliphatic heterocycles. The van der Waals surface area contributed by atoms with Crippen LogP contribution in [0.5, 0.6) is 5.75 Å². The maximum absolute atomic E-state index is 9.99. The zero-order valence-corrected chi connectivity index (χ0v) is 12.5. The van der Waals surface area contributed by atoms with E-state index in [1.54, 1.807) is 6.07 Å². The van der Waals surface area contributed by atoms with E-state index in [0.29, 0.717) is 18.8 Å². The van der Waals surface area contributed by atoms with Crippen molar-refractivity contribution in [2.45, 2.75) is 39.3 Å². The average Bonchev–Trinajstić information content (AvgIpc) is 2.88. The number of aryl methyl sites for hydroxylation is 2. The molecule has 3 N–H and O–H groups in total. The molecule has 2 rings (SSSR count). The summed E-state index contributed by atoms with van der Waals surface area (Å²) < 4.78 is 0. The first-order valence-corrected chi connectivity index (χ1v) is 7.46. The lowest BCUT2D eigenvalue weighted by atomic mass is 10.1. The van der Waals surface area contributed by atoms with E-state index in [1.807, 2.05) is 19.9 Å². The van der Waals surface area contributed by atoms with Gasteiger partial charge in [-0.15, -0.1) is 0 Å². The number of phenols is 1. The van der Waals surface area contributed by atoms with E-state index in [9.17, 15) is 10.2 Å². The number of nitrogens with one attached hydrogen (secondary N) is 1. The molecular weight excluding hydrogens is 252 g/mol. The highest BCUT2D eigenvalue weighted by molar-refractivity contribution is 5.40. The molecule has 0 aromatic heterocycles. The molecule has 1 saturated heterocycles. The zero-order valence-electron chi connectivity index (χ0n) is 12.5. The van der Waals surface area contributed by atoms with Crippen molar-refractivity contribution in [2.75, 3.05) is 26.2 Å². The fourth-order valence-electron chi connectivity index (χ4n) is 2.70. The van der Waals surface area contributed by atoms with Gasteiger partial charge in [-0.05, 0) is 57.0 Å². The summed E-state index contributed by atoms with van der Waals surface area (Å²) in [5, 5.41) is 23.1. The van der Waals surface area contributed by atoms with Crippen molar-refractivity contribution in [1.82, 2.24) is 10.2 Å². The predicted molar refractivity (Wildman–Crippen MR) is 81.0 cm³/mol. The SMILES string of the molecule is Cc1cc(O)c(CNCC(O)CN2CCCC2)cc1C. The number of aliphatic hydroxyl groups is 1. The van der Waals surface area contributed by atoms with Crippen LogP contribution in [0.25, 0.3) is 0 Å². The molecule has 0 bridgehead atoms. The van der Waals surface area contributed by atoms with Gasteiger partial charge in [-0.3, -0.25) is 0 Å². The topological polar surface area (TPSA) is 55.7 Å². The molecule has 1 fully saturated rings. The van der Waals surface area contributed by atoms with Crippen molar-refractivity contribution >= 4 is 0 Å². The Labute approximate surface area is 121 Å². The molecule has 4 nitrogen and oxygen atoms in total. The Bertz CT molecular complexity index is 442. The van der Waals surface area contributed by atoms with E-state index in [2.05, 4.69) is 10.2 Å². The van der Waals surface area contributed by atoms with Gasteiger partial charge in [0.25, 0.3) is 0 Å². The van der Waals surface area contributed by atoms with Crippen LogP contribution in [-0.2, 0) is 6.54 Å². The van der Waals surface area contributed by atoms with Crippen LogP contribution in [0.4, 0.5) is 0 Å². The van der Waals surface area contributed by atoms with Crippen LogP contribution < -0.4 is 5.32 Å². The molecule has 1 aromatic rings. The molecule has 0 radical (unpaired) electrons. The lowest BCUT2D eigenvalue weighted by Gasteiger charge is -2.19. The van der Waals surface area contributed by atoms with Gasteiger partial charge in [0.2, 0.25) is 0 Å². The minimum Gasteiger partial charge on any atom is -0.508 e. The maximum Gasteiger partial charge on any atom is 0.120 e. The Morgan fingerprint density at radius 2 is 1.85 bits per heavy atom. The molecule has 0 saturated carbocycles. The van der Waals surface area contributed by atoms with Gasteiger partial charge in [-0.2, -0.15) is 0 Å². The van der Waals surface area contributed by atoms with Crippen molar-refractivity contribution in [2.24, 2.45) is 0 Å². The van der Waals surface area contributed by atoms with Gasteiger partial charge in [0, 0.05) is 25.2 Å². The molecule has 20 heavy (non-hydrogen) atoms. The minimum atomic E-state index is -0.346. The molecule has 0 amide bonds. The molecule has 1 heterocycles. The molecular formula is C16H26N2O2. The third kappa shape index (κ3) is 4.20. The molecule has 1 aliphatic rings. The third-order valence-corrected chi connectivity index (χ3v) is 4.06. The Morgan fingerprint density at radius 3 is 2.55 bits per heavy atom. The minimum absolute atomic E-state index is 0.328. The third-order valence-electron chi connectivity index (χ3n) is 4.06. The van der Waals surface area contributed by atoms with Crippen molar-refractivity contribution in [1.29, 1.82) is 0 Å². The Hall–Kier alpha value is -1.10. The number of rotatable bonds is 6. The van der Waals surface area contributed by atoms with Gasteiger partial charge in [0.1, 0.15) is 5.75 Å². The number of aromatic hydroxyl groups is 1. The summed E-state index contributed by atoms with van der Waals surface area (Å²) in [6.45, 7) is 8.13. The van der Waals surface area contributed by atoms with Gasteiger partial charge in [0.15, 0.2) is 0 Å². The molecule has 1 unspecified atom stereocenters. The normalized spacial score (nSPS) is 17.6. The lowest BCUT2D eigenvalue weighted by Crippen LogP contribution is -2.36. The fourth-order valence-corrected chi connectivity index (χ4v) is 2.70. The molecule has 0 aliphatic carbocycles. The van der Waals surface area contributed by atoms with E-state index in [4.69, 9.17) is 0 Å². The Morgan fingerprint density at radius 1 is 1.20 bits per heavy atom. The number of hydrogen-bond donors (Lipinski definition) is 3. The monoisotopic (exact) mass is 278 g/mol. The van der Waals surface area contributed by atoms with Crippen LogP contribution >= 0.6 is 0 Å². The Balaban J connectivity index is 1.76. The highest BCUT2D eigenvalue weighted by Crippen LogP contribution is 2.21. The summed E-state index contributed by atoms with van der Waals surface area (Å²) in [5.74, 6) is 0.328. The van der Waals surface area contributed by atoms with E-state index in [-0.39, 0.29) is 6.10 Å². The van der Waals surface area contributed by atoms with E-state index in [1.165, 1.54) is 18.4 Å². The van der Waals surface area contributed by atoms with Crippen molar-refractivity contribution in [3.63, 3.8) is 0 Å². The van der Waals surface area contributed by atoms with Crippen molar-refractivity contribution in [3.8, 4) is 5.75 Å². The van der Waals surface area contributed by atoms with Crippen LogP contribution in [0.2, 0.25) is 0 Å². The largest absolute Gasteiger partial charge is 0.508 e. The predicted octanol–water partition coefficient (Wildman–Crippen LogP) is 1.56. The summed E-state index contributed by atoms with van der Waals surface area (Å²) >= 11 is 0. The number of nitrogens with zero attached hydrogens (tertiary/aromatic N) is 1. The van der Waals surface area contributed by atoms with Gasteiger partial charge in [-0.1, -0.05) is 6.07 Å². The summed E-state index contributed by atoms with van der Waals surface area (Å²) in [5.41, 5.74) is 3.17. The average molecular weight is 278 g/mol. The van der Waals surface area contributed by atoms with Gasteiger partial charge < -0.3 is 20.4 Å². The summed E-state index contributed by atoms with van der Waals surface area (Å²) in [4.78, 5) is 2.31. The first-order chi connectivity index (χ1) is 9.56. The number of aliphatic hydroxyl groups excluding tert-OH is 1. The number of hydrogen-bond acceptors (Lipinski definition) is 4. The highest BCUT2D eigenvalue weighted by atomic mass is 16.3. The highest BCUT2D eigenvalue weighted by Gasteiger charge is 2.15. The molecule has 1 aromatic carbocycles. The van der Waals surface area contributed by atoms with Crippen molar-refractivity contribution < 1.29 is 10.2 Å². The second kappa shape index (κ2) is 7.07. The number of phenolic OH excluding ortho intramolecular Hbond substituents is 1. The maximum atomic E-state index is 9.99. The smallest absolute Gasteiger partial charge is 0.120 e. The van der Waals surface area contributed by atoms with Crippen molar-refractivity contribution in [3.05, 3.63) is 28.8 Å². The van der Waals surface area contributed by atoms with E-state index in [0.717, 1.165) is 30.8 Å². The van der Waals surface area contributed by atoms with Gasteiger partial charge in [-0.25, -0.2) is 0 Å². The molecule has 4 heteroatoms. The van der Waals surface area contributed by atoms with E-state index >= 15 is 0 Å². The summed E-state index contributed by atoms with van der Waals surface area (Å²) in [6, 6.07) is 3.80. The second-order valence-electron chi connectivity index (χ2n) is 5.86. The van der Waals surface area contributed by atoms with Crippen LogP contribution in [0.15, 0.2) is 12.1 Å². The second-order valence-corrected chi connectivity index (χ2v) is 5.86. The summed E-state index contributed by atoms with van der Waals surface area (Å²) in [7, 11) is 0. The quantitative estimate of drug-likeness (QED) is 0.739. The van der Waals surface area contributed by atoms with Crippen LogP contribution in [0.3, 0.4) is 0 Å². The van der Waals surface area contributed by atoms with Gasteiger partial charge >= 0.3 is 0 Å². The molecule has 1 atom stereocenters. The summed E-state index contributed by atoms with van der Waals surface area (Å²) in [6.07, 6.45) is 2.15. The number of likely N-dealkylation sites (tertiary alicyclic amines) is 1. The first-order valence-electron chi connectivity index (χ1n) is 7.46. The Kier molecular flexibility index (Phi) is 5.40. The lowest BCUT2D eigenvalue weighted by molar-refractivity contribution is 0.123. The van der Waals surface area contributed by atoms with Crippen LogP contribution in [0.1, 0.15) is 29.5 Å². The fraction of sp³-hybridized carbons (Fsp3) is 0.625. The first kappa shape index (κ1) is 15.3.